The van der Waals surface area contributed by atoms with Crippen molar-refractivity contribution in [1.29, 1.82) is 0 Å². The molecule has 2 fully saturated rings. The molecule has 2 aliphatic rings. The molecule has 0 radical (unpaired) electrons. The van der Waals surface area contributed by atoms with Crippen LogP contribution >= 0.6 is 11.6 Å². The number of nitrogens with zero attached hydrogens (tertiary/aromatic N) is 6. The maximum atomic E-state index is 6.20. The van der Waals surface area contributed by atoms with Gasteiger partial charge in [0, 0.05) is 43.5 Å². The number of ether oxygens (including phenoxy) is 1. The lowest BCUT2D eigenvalue weighted by Gasteiger charge is -2.40. The summed E-state index contributed by atoms with van der Waals surface area (Å²) in [5.74, 6) is 0.869. The Labute approximate surface area is 200 Å². The second kappa shape index (κ2) is 9.79. The molecule has 2 atom stereocenters. The zero-order chi connectivity index (χ0) is 22.8. The van der Waals surface area contributed by atoms with Gasteiger partial charge >= 0.3 is 0 Å². The summed E-state index contributed by atoms with van der Waals surface area (Å²) in [6, 6.07) is 14.6. The molecule has 1 aromatic heterocycles. The van der Waals surface area contributed by atoms with Crippen LogP contribution in [0.5, 0.6) is 0 Å². The average Bonchev–Trinajstić information content (AvgIpc) is 3.51. The van der Waals surface area contributed by atoms with E-state index in [1.807, 2.05) is 16.8 Å². The predicted octanol–water partition coefficient (Wildman–Crippen LogP) is 4.03. The number of tetrazole rings is 1. The maximum Gasteiger partial charge on any atom is 0.173 e. The number of anilines is 1. The number of aryl methyl sites for hydroxylation is 1. The molecule has 174 valence electrons. The fourth-order valence-corrected chi connectivity index (χ4v) is 5.11. The van der Waals surface area contributed by atoms with Crippen molar-refractivity contribution >= 4 is 17.3 Å². The highest BCUT2D eigenvalue weighted by atomic mass is 35.5. The largest absolute Gasteiger partial charge is 0.376 e. The van der Waals surface area contributed by atoms with Gasteiger partial charge in [0.05, 0.1) is 18.7 Å². The molecule has 3 heterocycles. The number of halogens is 1. The Bertz CT molecular complexity index is 1070. The van der Waals surface area contributed by atoms with E-state index in [-0.39, 0.29) is 12.1 Å². The van der Waals surface area contributed by atoms with Gasteiger partial charge in [-0.3, -0.25) is 4.90 Å². The van der Waals surface area contributed by atoms with E-state index in [0.717, 1.165) is 62.0 Å². The van der Waals surface area contributed by atoms with Crippen molar-refractivity contribution in [2.24, 2.45) is 0 Å². The molecule has 3 aromatic rings. The average molecular weight is 467 g/mol. The lowest BCUT2D eigenvalue weighted by Crippen LogP contribution is -2.48. The van der Waals surface area contributed by atoms with E-state index in [1.165, 1.54) is 16.8 Å². The smallest absolute Gasteiger partial charge is 0.173 e. The monoisotopic (exact) mass is 466 g/mol. The van der Waals surface area contributed by atoms with Crippen molar-refractivity contribution in [3.05, 3.63) is 70.0 Å². The Morgan fingerprint density at radius 3 is 2.58 bits per heavy atom. The van der Waals surface area contributed by atoms with Crippen LogP contribution in [0.1, 0.15) is 41.4 Å². The number of rotatable bonds is 6. The highest BCUT2D eigenvalue weighted by Crippen LogP contribution is 2.31. The molecule has 8 heteroatoms. The van der Waals surface area contributed by atoms with Crippen LogP contribution in [-0.4, -0.2) is 64.0 Å². The van der Waals surface area contributed by atoms with E-state index in [1.54, 1.807) is 0 Å². The maximum absolute atomic E-state index is 6.20. The number of piperazine rings is 1. The molecule has 0 amide bonds. The normalized spacial score (nSPS) is 20.3. The summed E-state index contributed by atoms with van der Waals surface area (Å²) in [5.41, 5.74) is 5.19. The van der Waals surface area contributed by atoms with Gasteiger partial charge in [0.25, 0.3) is 0 Å². The molecule has 0 unspecified atom stereocenters. The Kier molecular flexibility index (Phi) is 6.62. The zero-order valence-electron chi connectivity index (χ0n) is 19.3. The summed E-state index contributed by atoms with van der Waals surface area (Å²) < 4.78 is 7.79. The fraction of sp³-hybridized carbons (Fsp3) is 0.480. The molecule has 2 saturated heterocycles. The second-order valence-electron chi connectivity index (χ2n) is 9.05. The number of benzene rings is 2. The van der Waals surface area contributed by atoms with Gasteiger partial charge in [-0.25, -0.2) is 4.68 Å². The van der Waals surface area contributed by atoms with Gasteiger partial charge in [0.1, 0.15) is 0 Å². The van der Waals surface area contributed by atoms with Crippen molar-refractivity contribution < 1.29 is 4.74 Å². The molecule has 0 aliphatic carbocycles. The van der Waals surface area contributed by atoms with Crippen LogP contribution in [0.15, 0.2) is 42.5 Å². The van der Waals surface area contributed by atoms with Crippen LogP contribution in [-0.2, 0) is 11.3 Å². The van der Waals surface area contributed by atoms with Crippen LogP contribution in [0, 0.1) is 13.8 Å². The molecule has 2 aromatic carbocycles. The first-order valence-electron chi connectivity index (χ1n) is 11.8. The molecule has 0 saturated carbocycles. The number of hydrogen-bond acceptors (Lipinski definition) is 6. The van der Waals surface area contributed by atoms with Gasteiger partial charge in [0.2, 0.25) is 0 Å². The van der Waals surface area contributed by atoms with Crippen LogP contribution in [0.25, 0.3) is 0 Å². The molecule has 0 spiro atoms. The van der Waals surface area contributed by atoms with Gasteiger partial charge in [-0.1, -0.05) is 35.9 Å². The Morgan fingerprint density at radius 1 is 1.06 bits per heavy atom. The van der Waals surface area contributed by atoms with Crippen molar-refractivity contribution in [2.75, 3.05) is 37.7 Å². The third-order valence-electron chi connectivity index (χ3n) is 6.99. The quantitative estimate of drug-likeness (QED) is 0.546. The molecular formula is C25H31ClN6O. The first-order chi connectivity index (χ1) is 16.1. The molecule has 7 nitrogen and oxygen atoms in total. The highest BCUT2D eigenvalue weighted by molar-refractivity contribution is 6.30. The van der Waals surface area contributed by atoms with Crippen molar-refractivity contribution in [3.63, 3.8) is 0 Å². The van der Waals surface area contributed by atoms with Gasteiger partial charge in [-0.05, 0) is 72.0 Å². The minimum absolute atomic E-state index is 0.0283. The van der Waals surface area contributed by atoms with Crippen LogP contribution < -0.4 is 4.90 Å². The van der Waals surface area contributed by atoms with Gasteiger partial charge < -0.3 is 9.64 Å². The van der Waals surface area contributed by atoms with E-state index in [9.17, 15) is 0 Å². The first kappa shape index (κ1) is 22.3. The summed E-state index contributed by atoms with van der Waals surface area (Å²) in [7, 11) is 0. The summed E-state index contributed by atoms with van der Waals surface area (Å²) in [6.45, 7) is 9.68. The van der Waals surface area contributed by atoms with E-state index in [0.29, 0.717) is 6.54 Å². The highest BCUT2D eigenvalue weighted by Gasteiger charge is 2.32. The molecule has 33 heavy (non-hydrogen) atoms. The topological polar surface area (TPSA) is 59.3 Å². The zero-order valence-corrected chi connectivity index (χ0v) is 20.1. The summed E-state index contributed by atoms with van der Waals surface area (Å²) >= 11 is 6.20. The van der Waals surface area contributed by atoms with E-state index >= 15 is 0 Å². The Hall–Kier alpha value is -2.48. The fourth-order valence-electron chi connectivity index (χ4n) is 4.99. The molecule has 5 rings (SSSR count). The first-order valence-corrected chi connectivity index (χ1v) is 12.2. The third-order valence-corrected chi connectivity index (χ3v) is 7.24. The van der Waals surface area contributed by atoms with E-state index in [2.05, 4.69) is 69.5 Å². The summed E-state index contributed by atoms with van der Waals surface area (Å²) in [5, 5.41) is 13.6. The lowest BCUT2D eigenvalue weighted by atomic mass is 10.0. The minimum Gasteiger partial charge on any atom is -0.376 e. The summed E-state index contributed by atoms with van der Waals surface area (Å²) in [6.07, 6.45) is 2.34. The molecule has 2 aliphatic heterocycles. The van der Waals surface area contributed by atoms with Crippen molar-refractivity contribution in [1.82, 2.24) is 25.1 Å². The van der Waals surface area contributed by atoms with Crippen LogP contribution in [0.4, 0.5) is 5.69 Å². The second-order valence-corrected chi connectivity index (χ2v) is 9.49. The standard InChI is InChI=1S/C25H31ClN6O/c1-18-5-3-7-23(19(18)2)30-12-14-31(15-13-30)24(20-8-10-21(26)11-9-20)25-27-28-29-32(25)17-22-6-4-16-33-22/h3,5,7-11,22,24H,4,6,12-17H2,1-2H3/t22-,24-/m0/s1. The van der Waals surface area contributed by atoms with Crippen molar-refractivity contribution in [2.45, 2.75) is 45.4 Å². The van der Waals surface area contributed by atoms with Gasteiger partial charge in [-0.2, -0.15) is 0 Å². The Morgan fingerprint density at radius 2 is 1.85 bits per heavy atom. The SMILES string of the molecule is Cc1cccc(N2CCN([C@@H](c3ccc(Cl)cc3)c3nnnn3C[C@@H]3CCCO3)CC2)c1C. The minimum atomic E-state index is -0.0283. The van der Waals surface area contributed by atoms with Crippen molar-refractivity contribution in [3.8, 4) is 0 Å². The third kappa shape index (κ3) is 4.76. The number of aromatic nitrogens is 4. The van der Waals surface area contributed by atoms with E-state index in [4.69, 9.17) is 16.3 Å². The summed E-state index contributed by atoms with van der Waals surface area (Å²) in [4.78, 5) is 4.98. The predicted molar refractivity (Wildman–Crippen MR) is 130 cm³/mol. The lowest BCUT2D eigenvalue weighted by molar-refractivity contribution is 0.0906. The Balaban J connectivity index is 1.40. The van der Waals surface area contributed by atoms with Gasteiger partial charge in [-0.15, -0.1) is 5.10 Å². The molecule has 0 bridgehead atoms. The van der Waals surface area contributed by atoms with Gasteiger partial charge in [0.15, 0.2) is 5.82 Å². The van der Waals surface area contributed by atoms with Crippen LogP contribution in [0.2, 0.25) is 5.02 Å². The molecular weight excluding hydrogens is 436 g/mol. The number of hydrogen-bond donors (Lipinski definition) is 0. The van der Waals surface area contributed by atoms with E-state index < -0.39 is 0 Å². The molecule has 0 N–H and O–H groups in total. The van der Waals surface area contributed by atoms with Crippen LogP contribution in [0.3, 0.4) is 0 Å².